The molecule has 1 aromatic heterocycles. The number of aromatic nitrogens is 3. The predicted octanol–water partition coefficient (Wildman–Crippen LogP) is -1.87. The molecule has 0 spiro atoms. The van der Waals surface area contributed by atoms with Crippen LogP contribution in [0.2, 0.25) is 0 Å². The Kier molecular flexibility index (Phi) is 3.03. The highest BCUT2D eigenvalue weighted by atomic mass is 15.3. The average Bonchev–Trinajstić information content (AvgIpc) is 2.57. The van der Waals surface area contributed by atoms with Gasteiger partial charge in [-0.25, -0.2) is 10.8 Å². The molecule has 1 aromatic rings. The summed E-state index contributed by atoms with van der Waals surface area (Å²) in [6.45, 7) is 0.533. The quantitative estimate of drug-likeness (QED) is 0.183. The van der Waals surface area contributed by atoms with E-state index < -0.39 is 0 Å². The molecule has 0 aliphatic heterocycles. The first kappa shape index (κ1) is 8.47. The summed E-state index contributed by atoms with van der Waals surface area (Å²) in [4.78, 5) is 7.80. The molecule has 6 N–H and O–H groups in total. The van der Waals surface area contributed by atoms with Gasteiger partial charge in [0.2, 0.25) is 5.96 Å². The first-order valence-corrected chi connectivity index (χ1v) is 3.43. The molecular weight excluding hydrogens is 158 g/mol. The molecule has 0 bridgehead atoms. The fourth-order valence-electron chi connectivity index (χ4n) is 0.679. The lowest BCUT2D eigenvalue weighted by molar-refractivity contribution is 0.860. The Labute approximate surface area is 69.2 Å². The summed E-state index contributed by atoms with van der Waals surface area (Å²) in [6.07, 6.45) is 2.12. The van der Waals surface area contributed by atoms with Gasteiger partial charge in [0, 0.05) is 13.0 Å². The third-order valence-corrected chi connectivity index (χ3v) is 1.24. The highest BCUT2D eigenvalue weighted by Gasteiger charge is 1.93. The van der Waals surface area contributed by atoms with Gasteiger partial charge in [0.05, 0.1) is 0 Å². The minimum absolute atomic E-state index is 0.217. The van der Waals surface area contributed by atoms with Crippen LogP contribution in [0.15, 0.2) is 11.3 Å². The number of aliphatic imine (C=N–C) groups is 1. The van der Waals surface area contributed by atoms with Crippen molar-refractivity contribution in [1.29, 1.82) is 0 Å². The minimum atomic E-state index is 0.217. The highest BCUT2D eigenvalue weighted by molar-refractivity contribution is 5.77. The van der Waals surface area contributed by atoms with Crippen LogP contribution in [0.1, 0.15) is 5.82 Å². The summed E-state index contributed by atoms with van der Waals surface area (Å²) in [6, 6.07) is 0. The first-order chi connectivity index (χ1) is 5.83. The summed E-state index contributed by atoms with van der Waals surface area (Å²) in [5.41, 5.74) is 7.51. The zero-order chi connectivity index (χ0) is 8.81. The zero-order valence-corrected chi connectivity index (χ0v) is 6.49. The van der Waals surface area contributed by atoms with Gasteiger partial charge in [-0.1, -0.05) is 0 Å². The third-order valence-electron chi connectivity index (χ3n) is 1.24. The Morgan fingerprint density at radius 3 is 3.17 bits per heavy atom. The minimum Gasteiger partial charge on any atom is -0.369 e. The van der Waals surface area contributed by atoms with Gasteiger partial charge < -0.3 is 5.73 Å². The van der Waals surface area contributed by atoms with Crippen LogP contribution >= 0.6 is 0 Å². The van der Waals surface area contributed by atoms with Crippen molar-refractivity contribution >= 4 is 5.96 Å². The van der Waals surface area contributed by atoms with Crippen LogP contribution in [0, 0.1) is 0 Å². The Morgan fingerprint density at radius 1 is 1.75 bits per heavy atom. The predicted molar refractivity (Wildman–Crippen MR) is 43.9 cm³/mol. The van der Waals surface area contributed by atoms with Gasteiger partial charge in [-0.15, -0.1) is 0 Å². The fourth-order valence-corrected chi connectivity index (χ4v) is 0.679. The van der Waals surface area contributed by atoms with Crippen LogP contribution in [0.5, 0.6) is 0 Å². The van der Waals surface area contributed by atoms with Crippen LogP contribution in [0.4, 0.5) is 0 Å². The van der Waals surface area contributed by atoms with Gasteiger partial charge in [-0.3, -0.25) is 15.5 Å². The summed E-state index contributed by atoms with van der Waals surface area (Å²) >= 11 is 0. The van der Waals surface area contributed by atoms with Crippen molar-refractivity contribution in [3.8, 4) is 0 Å². The van der Waals surface area contributed by atoms with Gasteiger partial charge in [0.15, 0.2) is 0 Å². The molecule has 12 heavy (non-hydrogen) atoms. The topological polar surface area (TPSA) is 118 Å². The Balaban J connectivity index is 2.28. The van der Waals surface area contributed by atoms with Crippen molar-refractivity contribution in [2.24, 2.45) is 16.6 Å². The van der Waals surface area contributed by atoms with E-state index in [1.165, 1.54) is 6.33 Å². The monoisotopic (exact) mass is 169 g/mol. The molecule has 0 radical (unpaired) electrons. The van der Waals surface area contributed by atoms with Crippen molar-refractivity contribution in [3.63, 3.8) is 0 Å². The lowest BCUT2D eigenvalue weighted by Crippen LogP contribution is -2.37. The number of aromatic amines is 1. The lowest BCUT2D eigenvalue weighted by atomic mass is 10.4. The maximum Gasteiger partial charge on any atom is 0.203 e. The van der Waals surface area contributed by atoms with E-state index in [4.69, 9.17) is 11.6 Å². The molecular formula is C5H11N7. The molecule has 0 amide bonds. The second kappa shape index (κ2) is 4.29. The molecule has 0 fully saturated rings. The molecule has 0 aromatic carbocycles. The number of hydrogen-bond acceptors (Lipinski definition) is 4. The summed E-state index contributed by atoms with van der Waals surface area (Å²) in [7, 11) is 0. The van der Waals surface area contributed by atoms with Crippen molar-refractivity contribution < 1.29 is 0 Å². The number of hydrazine groups is 1. The average molecular weight is 169 g/mol. The second-order valence-electron chi connectivity index (χ2n) is 2.09. The third kappa shape index (κ3) is 2.54. The first-order valence-electron chi connectivity index (χ1n) is 3.43. The lowest BCUT2D eigenvalue weighted by Gasteiger charge is -1.96. The molecule has 0 saturated heterocycles. The summed E-state index contributed by atoms with van der Waals surface area (Å²) in [5, 5.41) is 6.39. The van der Waals surface area contributed by atoms with E-state index in [0.29, 0.717) is 13.0 Å². The standard InChI is InChI=1S/C5H11N7/c6-5(11-7)8-2-1-4-9-3-10-12-4/h3H,1-2,7H2,(H3,6,8,11)(H,9,10,12). The molecule has 0 aliphatic carbocycles. The fraction of sp³-hybridized carbons (Fsp3) is 0.400. The van der Waals surface area contributed by atoms with Gasteiger partial charge in [-0.2, -0.15) is 5.10 Å². The van der Waals surface area contributed by atoms with E-state index in [2.05, 4.69) is 25.6 Å². The SMILES string of the molecule is NNC(N)=NCCc1ncn[nH]1. The largest absolute Gasteiger partial charge is 0.369 e. The molecule has 0 aliphatic rings. The smallest absolute Gasteiger partial charge is 0.203 e. The van der Waals surface area contributed by atoms with Crippen LogP contribution in [-0.2, 0) is 6.42 Å². The molecule has 1 rings (SSSR count). The van der Waals surface area contributed by atoms with E-state index in [1.807, 2.05) is 0 Å². The number of nitrogens with two attached hydrogens (primary N) is 2. The molecule has 0 unspecified atom stereocenters. The van der Waals surface area contributed by atoms with Gasteiger partial charge in [0.1, 0.15) is 12.2 Å². The van der Waals surface area contributed by atoms with E-state index >= 15 is 0 Å². The number of nitrogens with one attached hydrogen (secondary N) is 2. The van der Waals surface area contributed by atoms with E-state index in [0.717, 1.165) is 5.82 Å². The number of nitrogens with zero attached hydrogens (tertiary/aromatic N) is 3. The summed E-state index contributed by atoms with van der Waals surface area (Å²) in [5.74, 6) is 5.99. The molecule has 7 nitrogen and oxygen atoms in total. The summed E-state index contributed by atoms with van der Waals surface area (Å²) < 4.78 is 0. The molecule has 0 saturated carbocycles. The molecule has 1 heterocycles. The molecule has 0 atom stereocenters. The van der Waals surface area contributed by atoms with Crippen LogP contribution in [0.3, 0.4) is 0 Å². The van der Waals surface area contributed by atoms with Gasteiger partial charge in [0.25, 0.3) is 0 Å². The van der Waals surface area contributed by atoms with Crippen LogP contribution in [-0.4, -0.2) is 27.7 Å². The number of H-pyrrole nitrogens is 1. The Hall–Kier alpha value is -1.63. The second-order valence-corrected chi connectivity index (χ2v) is 2.09. The normalized spacial score (nSPS) is 11.6. The highest BCUT2D eigenvalue weighted by Crippen LogP contribution is 1.86. The van der Waals surface area contributed by atoms with E-state index in [1.54, 1.807) is 0 Å². The van der Waals surface area contributed by atoms with Crippen LogP contribution < -0.4 is 17.0 Å². The van der Waals surface area contributed by atoms with E-state index in [-0.39, 0.29) is 5.96 Å². The van der Waals surface area contributed by atoms with Crippen molar-refractivity contribution in [3.05, 3.63) is 12.2 Å². The maximum absolute atomic E-state index is 5.28. The maximum atomic E-state index is 5.28. The van der Waals surface area contributed by atoms with Gasteiger partial charge in [-0.05, 0) is 0 Å². The Bertz CT molecular complexity index is 238. The molecule has 66 valence electrons. The van der Waals surface area contributed by atoms with E-state index in [9.17, 15) is 0 Å². The van der Waals surface area contributed by atoms with Crippen LogP contribution in [0.25, 0.3) is 0 Å². The molecule has 7 heteroatoms. The van der Waals surface area contributed by atoms with Crippen molar-refractivity contribution in [1.82, 2.24) is 20.6 Å². The van der Waals surface area contributed by atoms with Crippen molar-refractivity contribution in [2.75, 3.05) is 6.54 Å². The Morgan fingerprint density at radius 2 is 2.58 bits per heavy atom. The number of hydrogen-bond donors (Lipinski definition) is 4. The number of rotatable bonds is 3. The number of guanidine groups is 1. The van der Waals surface area contributed by atoms with Gasteiger partial charge >= 0.3 is 0 Å². The zero-order valence-electron chi connectivity index (χ0n) is 6.49. The van der Waals surface area contributed by atoms with Crippen molar-refractivity contribution in [2.45, 2.75) is 6.42 Å².